The molecule has 144 valence electrons. The second-order valence-electron chi connectivity index (χ2n) is 7.85. The maximum absolute atomic E-state index is 12.2. The first kappa shape index (κ1) is 20.0. The van der Waals surface area contributed by atoms with Gasteiger partial charge >= 0.3 is 0 Å². The lowest BCUT2D eigenvalue weighted by Crippen LogP contribution is -2.10. The van der Waals surface area contributed by atoms with Crippen molar-refractivity contribution in [2.45, 2.75) is 33.1 Å². The minimum Gasteiger partial charge on any atom is -0.506 e. The Morgan fingerprint density at radius 2 is 1.68 bits per heavy atom. The van der Waals surface area contributed by atoms with Gasteiger partial charge < -0.3 is 5.11 Å². The van der Waals surface area contributed by atoms with Crippen LogP contribution in [0.1, 0.15) is 49.2 Å². The average molecular weight is 392 g/mol. The van der Waals surface area contributed by atoms with E-state index in [1.54, 1.807) is 12.1 Å². The summed E-state index contributed by atoms with van der Waals surface area (Å²) in [5.74, 6) is 0.189. The number of carbonyl (C=O) groups is 1. The van der Waals surface area contributed by atoms with Crippen molar-refractivity contribution >= 4 is 22.8 Å². The Labute approximate surface area is 170 Å². The molecule has 0 aliphatic carbocycles. The summed E-state index contributed by atoms with van der Waals surface area (Å²) in [5.41, 5.74) is 4.32. The van der Waals surface area contributed by atoms with Gasteiger partial charge in [0.1, 0.15) is 12.3 Å². The molecule has 3 aromatic rings. The maximum Gasteiger partial charge on any atom is 0.184 e. The first-order chi connectivity index (χ1) is 13.3. The van der Waals surface area contributed by atoms with Gasteiger partial charge in [0.25, 0.3) is 0 Å². The molecule has 0 aliphatic heterocycles. The van der Waals surface area contributed by atoms with Gasteiger partial charge in [0.15, 0.2) is 5.78 Å². The Morgan fingerprint density at radius 1 is 1.04 bits per heavy atom. The van der Waals surface area contributed by atoms with Gasteiger partial charge in [-0.3, -0.25) is 9.79 Å². The van der Waals surface area contributed by atoms with Crippen LogP contribution in [0.4, 0.5) is 0 Å². The summed E-state index contributed by atoms with van der Waals surface area (Å²) in [7, 11) is 0. The first-order valence-corrected chi connectivity index (χ1v) is 10.2. The third kappa shape index (κ3) is 4.39. The molecule has 3 nitrogen and oxygen atoms in total. The van der Waals surface area contributed by atoms with Gasteiger partial charge in [-0.05, 0) is 23.5 Å². The summed E-state index contributed by atoms with van der Waals surface area (Å²) in [4.78, 5) is 17.5. The van der Waals surface area contributed by atoms with Crippen LogP contribution in [0.5, 0.6) is 5.75 Å². The fourth-order valence-electron chi connectivity index (χ4n) is 2.93. The number of hydrogen-bond donors (Lipinski definition) is 1. The molecule has 1 aromatic heterocycles. The molecule has 0 saturated heterocycles. The number of ketones is 1. The number of hydrogen-bond acceptors (Lipinski definition) is 4. The number of aromatic hydroxyl groups is 1. The molecule has 2 aromatic carbocycles. The lowest BCUT2D eigenvalue weighted by Gasteiger charge is -2.19. The summed E-state index contributed by atoms with van der Waals surface area (Å²) in [6, 6.07) is 17.4. The van der Waals surface area contributed by atoms with Crippen LogP contribution in [0.15, 0.2) is 65.0 Å². The maximum atomic E-state index is 12.2. The molecule has 4 heteroatoms. The van der Waals surface area contributed by atoms with E-state index in [9.17, 15) is 9.90 Å². The van der Waals surface area contributed by atoms with Crippen molar-refractivity contribution in [1.82, 2.24) is 0 Å². The van der Waals surface area contributed by atoms with E-state index in [0.29, 0.717) is 16.8 Å². The van der Waals surface area contributed by atoms with Crippen molar-refractivity contribution in [1.29, 1.82) is 0 Å². The van der Waals surface area contributed by atoms with E-state index in [1.807, 2.05) is 42.6 Å². The van der Waals surface area contributed by atoms with Crippen LogP contribution in [-0.2, 0) is 5.41 Å². The Bertz CT molecular complexity index is 993. The van der Waals surface area contributed by atoms with E-state index in [1.165, 1.54) is 16.9 Å². The standard InChI is InChI=1S/C24H25NO2S/c1-16(25-14-21(26)17-8-6-5-7-9-17)20-15-28-23(22(20)27)18-10-12-19(13-11-18)24(2,3)4/h5-13,15,27H,14H2,1-4H3. The monoisotopic (exact) mass is 391 g/mol. The number of aliphatic imine (C=N–C) groups is 1. The largest absolute Gasteiger partial charge is 0.506 e. The smallest absolute Gasteiger partial charge is 0.184 e. The zero-order valence-electron chi connectivity index (χ0n) is 16.7. The number of carbonyl (C=O) groups excluding carboxylic acids is 1. The van der Waals surface area contributed by atoms with Crippen LogP contribution in [0.25, 0.3) is 10.4 Å². The number of benzene rings is 2. The number of nitrogens with zero attached hydrogens (tertiary/aromatic N) is 1. The van der Waals surface area contributed by atoms with Crippen molar-refractivity contribution in [3.8, 4) is 16.2 Å². The third-order valence-corrected chi connectivity index (χ3v) is 5.74. The van der Waals surface area contributed by atoms with Crippen molar-refractivity contribution < 1.29 is 9.90 Å². The fourth-order valence-corrected chi connectivity index (χ4v) is 3.94. The number of Topliss-reactive ketones (excluding diaryl/α,β-unsaturated/α-hetero) is 1. The van der Waals surface area contributed by atoms with Crippen LogP contribution in [0.3, 0.4) is 0 Å². The normalized spacial score (nSPS) is 12.2. The van der Waals surface area contributed by atoms with Crippen LogP contribution in [0.2, 0.25) is 0 Å². The molecule has 0 radical (unpaired) electrons. The summed E-state index contributed by atoms with van der Waals surface area (Å²) < 4.78 is 0. The molecule has 0 amide bonds. The molecule has 0 saturated carbocycles. The predicted octanol–water partition coefficient (Wildman–Crippen LogP) is 6.11. The van der Waals surface area contributed by atoms with E-state index in [4.69, 9.17) is 0 Å². The highest BCUT2D eigenvalue weighted by Gasteiger charge is 2.17. The Morgan fingerprint density at radius 3 is 2.29 bits per heavy atom. The summed E-state index contributed by atoms with van der Waals surface area (Å²) in [6.07, 6.45) is 0. The molecule has 0 fully saturated rings. The van der Waals surface area contributed by atoms with Crippen molar-refractivity contribution in [2.24, 2.45) is 4.99 Å². The molecule has 0 aliphatic rings. The molecular weight excluding hydrogens is 366 g/mol. The minimum atomic E-state index is -0.0346. The van der Waals surface area contributed by atoms with E-state index >= 15 is 0 Å². The Balaban J connectivity index is 1.79. The summed E-state index contributed by atoms with van der Waals surface area (Å²) in [6.45, 7) is 8.44. The molecule has 3 rings (SSSR count). The van der Waals surface area contributed by atoms with Gasteiger partial charge in [-0.2, -0.15) is 0 Å². The lowest BCUT2D eigenvalue weighted by molar-refractivity contribution is 0.100. The van der Waals surface area contributed by atoms with Crippen LogP contribution < -0.4 is 0 Å². The lowest BCUT2D eigenvalue weighted by atomic mass is 9.86. The highest BCUT2D eigenvalue weighted by molar-refractivity contribution is 7.14. The third-order valence-electron chi connectivity index (χ3n) is 4.72. The van der Waals surface area contributed by atoms with Crippen LogP contribution >= 0.6 is 11.3 Å². The Hall–Kier alpha value is -2.72. The van der Waals surface area contributed by atoms with E-state index in [2.05, 4.69) is 37.9 Å². The van der Waals surface area contributed by atoms with Gasteiger partial charge in [-0.15, -0.1) is 11.3 Å². The predicted molar refractivity (Wildman–Crippen MR) is 118 cm³/mol. The second-order valence-corrected chi connectivity index (χ2v) is 8.72. The fraction of sp³-hybridized carbons (Fsp3) is 0.250. The number of rotatable bonds is 5. The molecule has 0 bridgehead atoms. The molecule has 0 atom stereocenters. The zero-order valence-corrected chi connectivity index (χ0v) is 17.5. The highest BCUT2D eigenvalue weighted by atomic mass is 32.1. The van der Waals surface area contributed by atoms with Crippen molar-refractivity contribution in [2.75, 3.05) is 6.54 Å². The minimum absolute atomic E-state index is 0.0346. The Kier molecular flexibility index (Phi) is 5.80. The highest BCUT2D eigenvalue weighted by Crippen LogP contribution is 2.39. The van der Waals surface area contributed by atoms with E-state index in [0.717, 1.165) is 10.4 Å². The van der Waals surface area contributed by atoms with E-state index < -0.39 is 0 Å². The van der Waals surface area contributed by atoms with Gasteiger partial charge in [0, 0.05) is 22.2 Å². The molecule has 0 unspecified atom stereocenters. The first-order valence-electron chi connectivity index (χ1n) is 9.28. The second kappa shape index (κ2) is 8.11. The zero-order chi connectivity index (χ0) is 20.3. The SMILES string of the molecule is CC(=NCC(=O)c1ccccc1)c1csc(-c2ccc(C(C)(C)C)cc2)c1O. The summed E-state index contributed by atoms with van der Waals surface area (Å²) in [5, 5.41) is 12.6. The number of thiophene rings is 1. The van der Waals surface area contributed by atoms with Gasteiger partial charge in [0.05, 0.1) is 4.88 Å². The van der Waals surface area contributed by atoms with Gasteiger partial charge in [-0.25, -0.2) is 0 Å². The molecule has 1 N–H and O–H groups in total. The van der Waals surface area contributed by atoms with Crippen LogP contribution in [-0.4, -0.2) is 23.1 Å². The van der Waals surface area contributed by atoms with Crippen molar-refractivity contribution in [3.63, 3.8) is 0 Å². The molecule has 28 heavy (non-hydrogen) atoms. The van der Waals surface area contributed by atoms with Gasteiger partial charge in [0.2, 0.25) is 0 Å². The van der Waals surface area contributed by atoms with Gasteiger partial charge in [-0.1, -0.05) is 75.4 Å². The average Bonchev–Trinajstić information content (AvgIpc) is 3.07. The van der Waals surface area contributed by atoms with Crippen molar-refractivity contribution in [3.05, 3.63) is 76.7 Å². The summed E-state index contributed by atoms with van der Waals surface area (Å²) >= 11 is 1.49. The molecular formula is C24H25NO2S. The molecule has 1 heterocycles. The topological polar surface area (TPSA) is 49.7 Å². The molecule has 0 spiro atoms. The quantitative estimate of drug-likeness (QED) is 0.421. The van der Waals surface area contributed by atoms with E-state index in [-0.39, 0.29) is 23.5 Å². The van der Waals surface area contributed by atoms with Crippen LogP contribution in [0, 0.1) is 0 Å².